The van der Waals surface area contributed by atoms with Gasteiger partial charge in [-0.25, -0.2) is 4.98 Å². The van der Waals surface area contributed by atoms with Gasteiger partial charge in [-0.3, -0.25) is 0 Å². The zero-order chi connectivity index (χ0) is 12.4. The molecule has 6 heteroatoms. The molecular formula is C11H16N4S2. The third-order valence-corrected chi connectivity index (χ3v) is 4.29. The van der Waals surface area contributed by atoms with Gasteiger partial charge < -0.3 is 5.32 Å². The molecule has 0 bridgehead atoms. The SMILES string of the molecule is Cc1nc(C)c(-c2nnc(NCC(C)C)s2)s1. The van der Waals surface area contributed by atoms with E-state index in [1.807, 2.05) is 13.8 Å². The van der Waals surface area contributed by atoms with Crippen molar-refractivity contribution in [2.75, 3.05) is 11.9 Å². The molecule has 0 atom stereocenters. The largest absolute Gasteiger partial charge is 0.360 e. The monoisotopic (exact) mass is 268 g/mol. The molecule has 0 spiro atoms. The molecule has 2 aromatic rings. The molecular weight excluding hydrogens is 252 g/mol. The number of nitrogens with one attached hydrogen (secondary N) is 1. The molecule has 0 saturated heterocycles. The van der Waals surface area contributed by atoms with Crippen LogP contribution in [-0.2, 0) is 0 Å². The van der Waals surface area contributed by atoms with Crippen LogP contribution in [0.15, 0.2) is 0 Å². The molecule has 0 aliphatic heterocycles. The van der Waals surface area contributed by atoms with Gasteiger partial charge in [-0.2, -0.15) is 0 Å². The summed E-state index contributed by atoms with van der Waals surface area (Å²) in [5.74, 6) is 0.606. The molecule has 2 aromatic heterocycles. The fourth-order valence-electron chi connectivity index (χ4n) is 1.41. The quantitative estimate of drug-likeness (QED) is 0.924. The molecule has 2 heterocycles. The Hall–Kier alpha value is -1.01. The highest BCUT2D eigenvalue weighted by atomic mass is 32.1. The lowest BCUT2D eigenvalue weighted by Crippen LogP contribution is -2.07. The summed E-state index contributed by atoms with van der Waals surface area (Å²) in [6.45, 7) is 9.30. The smallest absolute Gasteiger partial charge is 0.206 e. The van der Waals surface area contributed by atoms with Crippen LogP contribution in [0.5, 0.6) is 0 Å². The summed E-state index contributed by atoms with van der Waals surface area (Å²) in [4.78, 5) is 5.54. The second kappa shape index (κ2) is 5.10. The average Bonchev–Trinajstić information content (AvgIpc) is 2.82. The van der Waals surface area contributed by atoms with Crippen molar-refractivity contribution in [3.8, 4) is 9.88 Å². The second-order valence-corrected chi connectivity index (χ2v) is 6.52. The Morgan fingerprint density at radius 2 is 1.94 bits per heavy atom. The third-order valence-electron chi connectivity index (χ3n) is 2.18. The van der Waals surface area contributed by atoms with E-state index in [4.69, 9.17) is 0 Å². The van der Waals surface area contributed by atoms with Crippen molar-refractivity contribution in [3.05, 3.63) is 10.7 Å². The third kappa shape index (κ3) is 3.01. The van der Waals surface area contributed by atoms with Gasteiger partial charge in [0.2, 0.25) is 5.13 Å². The molecule has 0 fully saturated rings. The molecule has 0 aromatic carbocycles. The Labute approximate surface area is 109 Å². The highest BCUT2D eigenvalue weighted by molar-refractivity contribution is 7.23. The fourth-order valence-corrected chi connectivity index (χ4v) is 3.20. The Balaban J connectivity index is 2.15. The molecule has 0 amide bonds. The van der Waals surface area contributed by atoms with Gasteiger partial charge in [-0.15, -0.1) is 21.5 Å². The maximum atomic E-state index is 4.41. The minimum absolute atomic E-state index is 0.606. The van der Waals surface area contributed by atoms with Gasteiger partial charge in [0.25, 0.3) is 0 Å². The minimum Gasteiger partial charge on any atom is -0.360 e. The molecule has 92 valence electrons. The van der Waals surface area contributed by atoms with Crippen molar-refractivity contribution in [2.45, 2.75) is 27.7 Å². The Bertz CT molecular complexity index is 501. The standard InChI is InChI=1S/C11H16N4S2/c1-6(2)5-12-11-15-14-10(17-11)9-7(3)13-8(4)16-9/h6H,5H2,1-4H3,(H,12,15). The lowest BCUT2D eigenvalue weighted by atomic mass is 10.2. The van der Waals surface area contributed by atoms with Crippen LogP contribution in [0.2, 0.25) is 0 Å². The van der Waals surface area contributed by atoms with E-state index in [-0.39, 0.29) is 0 Å². The van der Waals surface area contributed by atoms with Gasteiger partial charge in [-0.05, 0) is 19.8 Å². The van der Waals surface area contributed by atoms with Gasteiger partial charge in [0.05, 0.1) is 15.6 Å². The van der Waals surface area contributed by atoms with Gasteiger partial charge in [0, 0.05) is 6.54 Å². The van der Waals surface area contributed by atoms with Crippen molar-refractivity contribution in [1.29, 1.82) is 0 Å². The summed E-state index contributed by atoms with van der Waals surface area (Å²) < 4.78 is 0. The first kappa shape index (κ1) is 12.4. The minimum atomic E-state index is 0.606. The first-order chi connectivity index (χ1) is 8.06. The number of aryl methyl sites for hydroxylation is 2. The lowest BCUT2D eigenvalue weighted by Gasteiger charge is -2.03. The van der Waals surface area contributed by atoms with Crippen LogP contribution in [0.4, 0.5) is 5.13 Å². The van der Waals surface area contributed by atoms with Gasteiger partial charge in [0.1, 0.15) is 0 Å². The summed E-state index contributed by atoms with van der Waals surface area (Å²) in [5.41, 5.74) is 1.04. The molecule has 0 aliphatic carbocycles. The zero-order valence-electron chi connectivity index (χ0n) is 10.4. The fraction of sp³-hybridized carbons (Fsp3) is 0.545. The van der Waals surface area contributed by atoms with Gasteiger partial charge >= 0.3 is 0 Å². The number of rotatable bonds is 4. The normalized spacial score (nSPS) is 11.1. The Morgan fingerprint density at radius 1 is 1.18 bits per heavy atom. The molecule has 17 heavy (non-hydrogen) atoms. The number of anilines is 1. The van der Waals surface area contributed by atoms with Crippen molar-refractivity contribution in [3.63, 3.8) is 0 Å². The summed E-state index contributed by atoms with van der Waals surface area (Å²) in [6, 6.07) is 0. The molecule has 2 rings (SSSR count). The van der Waals surface area contributed by atoms with E-state index >= 15 is 0 Å². The number of nitrogens with zero attached hydrogens (tertiary/aromatic N) is 3. The van der Waals surface area contributed by atoms with E-state index in [1.165, 1.54) is 0 Å². The number of hydrogen-bond acceptors (Lipinski definition) is 6. The molecule has 0 aliphatic rings. The van der Waals surface area contributed by atoms with Crippen LogP contribution in [-0.4, -0.2) is 21.7 Å². The highest BCUT2D eigenvalue weighted by Gasteiger charge is 2.12. The van der Waals surface area contributed by atoms with E-state index in [0.29, 0.717) is 5.92 Å². The summed E-state index contributed by atoms with van der Waals surface area (Å²) >= 11 is 3.27. The van der Waals surface area contributed by atoms with Crippen LogP contribution in [0.1, 0.15) is 24.5 Å². The topological polar surface area (TPSA) is 50.7 Å². The van der Waals surface area contributed by atoms with E-state index in [1.54, 1.807) is 22.7 Å². The van der Waals surface area contributed by atoms with Crippen LogP contribution < -0.4 is 5.32 Å². The van der Waals surface area contributed by atoms with Crippen LogP contribution in [0.3, 0.4) is 0 Å². The predicted molar refractivity (Wildman–Crippen MR) is 73.8 cm³/mol. The zero-order valence-corrected chi connectivity index (χ0v) is 12.1. The maximum absolute atomic E-state index is 4.41. The molecule has 0 radical (unpaired) electrons. The summed E-state index contributed by atoms with van der Waals surface area (Å²) in [7, 11) is 0. The van der Waals surface area contributed by atoms with E-state index in [0.717, 1.165) is 32.3 Å². The predicted octanol–water partition coefficient (Wildman–Crippen LogP) is 3.35. The summed E-state index contributed by atoms with van der Waals surface area (Å²) in [5, 5.41) is 14.6. The van der Waals surface area contributed by atoms with Crippen molar-refractivity contribution in [2.24, 2.45) is 5.92 Å². The first-order valence-electron chi connectivity index (χ1n) is 5.58. The number of hydrogen-bond donors (Lipinski definition) is 1. The van der Waals surface area contributed by atoms with Crippen molar-refractivity contribution < 1.29 is 0 Å². The van der Waals surface area contributed by atoms with Crippen molar-refractivity contribution in [1.82, 2.24) is 15.2 Å². The van der Waals surface area contributed by atoms with Crippen LogP contribution in [0.25, 0.3) is 9.88 Å². The van der Waals surface area contributed by atoms with Crippen molar-refractivity contribution >= 4 is 27.8 Å². The van der Waals surface area contributed by atoms with E-state index in [2.05, 4.69) is 34.3 Å². The second-order valence-electron chi connectivity index (χ2n) is 4.33. The Morgan fingerprint density at radius 3 is 2.53 bits per heavy atom. The van der Waals surface area contributed by atoms with Gasteiger partial charge in [-0.1, -0.05) is 25.2 Å². The molecule has 0 saturated carbocycles. The molecule has 1 N–H and O–H groups in total. The highest BCUT2D eigenvalue weighted by Crippen LogP contribution is 2.33. The average molecular weight is 268 g/mol. The Kier molecular flexibility index (Phi) is 3.73. The maximum Gasteiger partial charge on any atom is 0.206 e. The van der Waals surface area contributed by atoms with Crippen LogP contribution in [0, 0.1) is 19.8 Å². The number of thiazole rings is 1. The van der Waals surface area contributed by atoms with Gasteiger partial charge in [0.15, 0.2) is 5.01 Å². The summed E-state index contributed by atoms with van der Waals surface area (Å²) in [6.07, 6.45) is 0. The number of aromatic nitrogens is 3. The van der Waals surface area contributed by atoms with E-state index in [9.17, 15) is 0 Å². The van der Waals surface area contributed by atoms with E-state index < -0.39 is 0 Å². The lowest BCUT2D eigenvalue weighted by molar-refractivity contribution is 0.687. The molecule has 4 nitrogen and oxygen atoms in total. The van der Waals surface area contributed by atoms with Crippen LogP contribution >= 0.6 is 22.7 Å². The molecule has 0 unspecified atom stereocenters. The first-order valence-corrected chi connectivity index (χ1v) is 7.21.